The number of benzene rings is 1. The van der Waals surface area contributed by atoms with Crippen molar-refractivity contribution in [2.45, 2.75) is 13.0 Å². The van der Waals surface area contributed by atoms with Crippen molar-refractivity contribution in [3.8, 4) is 11.6 Å². The van der Waals surface area contributed by atoms with Gasteiger partial charge in [-0.05, 0) is 53.5 Å². The first-order valence-corrected chi connectivity index (χ1v) is 10.2. The van der Waals surface area contributed by atoms with E-state index >= 15 is 0 Å². The third-order valence-electron chi connectivity index (χ3n) is 5.37. The highest BCUT2D eigenvalue weighted by Gasteiger charge is 2.22. The molecule has 1 aliphatic rings. The summed E-state index contributed by atoms with van der Waals surface area (Å²) in [5.41, 5.74) is 4.06. The van der Waals surface area contributed by atoms with Gasteiger partial charge in [-0.2, -0.15) is 0 Å². The van der Waals surface area contributed by atoms with Gasteiger partial charge in [0.1, 0.15) is 11.4 Å². The van der Waals surface area contributed by atoms with Gasteiger partial charge in [0.2, 0.25) is 11.7 Å². The van der Waals surface area contributed by atoms with Crippen LogP contribution in [0.3, 0.4) is 0 Å². The fraction of sp³-hybridized carbons (Fsp3) is 0.200. The third kappa shape index (κ3) is 4.67. The zero-order valence-electron chi connectivity index (χ0n) is 17.9. The second-order valence-electron chi connectivity index (χ2n) is 7.37. The van der Waals surface area contributed by atoms with Gasteiger partial charge in [-0.3, -0.25) is 9.59 Å². The maximum atomic E-state index is 12.9. The average molecular weight is 429 g/mol. The number of carbonyl (C=O) groups excluding carboxylic acids is 2. The molecule has 0 radical (unpaired) electrons. The van der Waals surface area contributed by atoms with Crippen molar-refractivity contribution in [2.75, 3.05) is 20.8 Å². The molecule has 3 heterocycles. The van der Waals surface area contributed by atoms with Crippen LogP contribution in [-0.4, -0.2) is 47.3 Å². The van der Waals surface area contributed by atoms with Crippen molar-refractivity contribution in [1.29, 1.82) is 0 Å². The van der Waals surface area contributed by atoms with Gasteiger partial charge in [0.15, 0.2) is 0 Å². The standard InChI is InChI=1S/C25H23N3O4/c1-31-21-7-8-22(26-15-21)23(29)9-4-17-3-5-18-11-12-28(16-20(18)13-17)25(30)19-6-10-24(32-2)27-14-19/h3-10,13-15H,11-12,16H2,1-2H3/b9-4+. The van der Waals surface area contributed by atoms with E-state index in [4.69, 9.17) is 9.47 Å². The van der Waals surface area contributed by atoms with Crippen LogP contribution in [0.15, 0.2) is 60.9 Å². The summed E-state index contributed by atoms with van der Waals surface area (Å²) >= 11 is 0. The number of aromatic nitrogens is 2. The van der Waals surface area contributed by atoms with Crippen LogP contribution in [-0.2, 0) is 13.0 Å². The van der Waals surface area contributed by atoms with E-state index in [0.717, 1.165) is 17.5 Å². The van der Waals surface area contributed by atoms with Gasteiger partial charge in [0.25, 0.3) is 5.91 Å². The summed E-state index contributed by atoms with van der Waals surface area (Å²) in [6, 6.07) is 12.8. The Morgan fingerprint density at radius 1 is 0.969 bits per heavy atom. The molecule has 0 saturated heterocycles. The zero-order valence-corrected chi connectivity index (χ0v) is 17.9. The predicted octanol–water partition coefficient (Wildman–Crippen LogP) is 3.59. The Balaban J connectivity index is 1.46. The molecule has 1 aromatic carbocycles. The summed E-state index contributed by atoms with van der Waals surface area (Å²) in [5, 5.41) is 0. The van der Waals surface area contributed by atoms with Gasteiger partial charge < -0.3 is 14.4 Å². The summed E-state index contributed by atoms with van der Waals surface area (Å²) in [7, 11) is 3.09. The van der Waals surface area contributed by atoms with E-state index in [0.29, 0.717) is 36.0 Å². The van der Waals surface area contributed by atoms with Gasteiger partial charge in [0.05, 0.1) is 26.0 Å². The predicted molar refractivity (Wildman–Crippen MR) is 120 cm³/mol. The van der Waals surface area contributed by atoms with Crippen LogP contribution < -0.4 is 9.47 Å². The molecule has 0 fully saturated rings. The fourth-order valence-electron chi connectivity index (χ4n) is 3.57. The lowest BCUT2D eigenvalue weighted by atomic mass is 9.96. The first-order valence-electron chi connectivity index (χ1n) is 10.2. The molecule has 2 aromatic heterocycles. The molecule has 0 N–H and O–H groups in total. The van der Waals surface area contributed by atoms with Crippen LogP contribution in [0, 0.1) is 0 Å². The highest BCUT2D eigenvalue weighted by atomic mass is 16.5. The van der Waals surface area contributed by atoms with Crippen LogP contribution in [0.2, 0.25) is 0 Å². The van der Waals surface area contributed by atoms with E-state index in [2.05, 4.69) is 16.0 Å². The highest BCUT2D eigenvalue weighted by molar-refractivity contribution is 6.05. The number of amides is 1. The molecule has 1 amide bonds. The number of ether oxygens (including phenoxy) is 2. The molecule has 162 valence electrons. The van der Waals surface area contributed by atoms with Crippen molar-refractivity contribution in [3.63, 3.8) is 0 Å². The number of methoxy groups -OCH3 is 2. The quantitative estimate of drug-likeness (QED) is 0.440. The molecule has 0 bridgehead atoms. The number of rotatable bonds is 6. The number of hydrogen-bond donors (Lipinski definition) is 0. The number of allylic oxidation sites excluding steroid dienone is 1. The van der Waals surface area contributed by atoms with E-state index < -0.39 is 0 Å². The monoisotopic (exact) mass is 429 g/mol. The molecule has 7 nitrogen and oxygen atoms in total. The van der Waals surface area contributed by atoms with Crippen LogP contribution in [0.5, 0.6) is 11.6 Å². The molecular formula is C25H23N3O4. The second-order valence-corrected chi connectivity index (χ2v) is 7.37. The lowest BCUT2D eigenvalue weighted by Crippen LogP contribution is -2.36. The molecule has 4 rings (SSSR count). The van der Waals surface area contributed by atoms with Gasteiger partial charge in [-0.25, -0.2) is 9.97 Å². The number of fused-ring (bicyclic) bond motifs is 1. The van der Waals surface area contributed by atoms with Gasteiger partial charge in [-0.15, -0.1) is 0 Å². The lowest BCUT2D eigenvalue weighted by molar-refractivity contribution is 0.0734. The fourth-order valence-corrected chi connectivity index (χ4v) is 3.57. The number of ketones is 1. The van der Waals surface area contributed by atoms with Gasteiger partial charge in [-0.1, -0.05) is 18.2 Å². The Kier molecular flexibility index (Phi) is 6.26. The summed E-state index contributed by atoms with van der Waals surface area (Å²) < 4.78 is 10.1. The first-order chi connectivity index (χ1) is 15.6. The lowest BCUT2D eigenvalue weighted by Gasteiger charge is -2.29. The molecule has 32 heavy (non-hydrogen) atoms. The second kappa shape index (κ2) is 9.43. The van der Waals surface area contributed by atoms with Crippen LogP contribution >= 0.6 is 0 Å². The molecule has 0 atom stereocenters. The molecule has 0 saturated carbocycles. The van der Waals surface area contributed by atoms with Crippen molar-refractivity contribution < 1.29 is 19.1 Å². The summed E-state index contributed by atoms with van der Waals surface area (Å²) in [5.74, 6) is 0.827. The third-order valence-corrected chi connectivity index (χ3v) is 5.37. The number of nitrogens with zero attached hydrogens (tertiary/aromatic N) is 3. The maximum absolute atomic E-state index is 12.9. The topological polar surface area (TPSA) is 81.6 Å². The Morgan fingerprint density at radius 2 is 1.84 bits per heavy atom. The molecule has 3 aromatic rings. The minimum atomic E-state index is -0.186. The average Bonchev–Trinajstić information content (AvgIpc) is 2.86. The normalized spacial score (nSPS) is 13.0. The summed E-state index contributed by atoms with van der Waals surface area (Å²) in [6.07, 6.45) is 7.11. The van der Waals surface area contributed by atoms with Crippen molar-refractivity contribution >= 4 is 17.8 Å². The minimum absolute atomic E-state index is 0.0625. The molecule has 1 aliphatic heterocycles. The van der Waals surface area contributed by atoms with Gasteiger partial charge in [0, 0.05) is 25.4 Å². The molecule has 7 heteroatoms. The SMILES string of the molecule is COc1ccc(C(=O)/C=C/c2ccc3c(c2)CN(C(=O)c2ccc(OC)nc2)CC3)nc1. The number of pyridine rings is 2. The Hall–Kier alpha value is -4.00. The van der Waals surface area contributed by atoms with E-state index in [1.54, 1.807) is 44.6 Å². The maximum Gasteiger partial charge on any atom is 0.255 e. The summed E-state index contributed by atoms with van der Waals surface area (Å²) in [4.78, 5) is 35.3. The van der Waals surface area contributed by atoms with Crippen LogP contribution in [0.25, 0.3) is 6.08 Å². The van der Waals surface area contributed by atoms with E-state index in [-0.39, 0.29) is 11.7 Å². The van der Waals surface area contributed by atoms with Gasteiger partial charge >= 0.3 is 0 Å². The minimum Gasteiger partial charge on any atom is -0.495 e. The molecule has 0 aliphatic carbocycles. The smallest absolute Gasteiger partial charge is 0.255 e. The van der Waals surface area contributed by atoms with Crippen molar-refractivity contribution in [2.24, 2.45) is 0 Å². The van der Waals surface area contributed by atoms with Crippen LogP contribution in [0.4, 0.5) is 0 Å². The number of carbonyl (C=O) groups is 2. The molecular weight excluding hydrogens is 406 g/mol. The number of hydrogen-bond acceptors (Lipinski definition) is 6. The van der Waals surface area contributed by atoms with E-state index in [9.17, 15) is 9.59 Å². The Labute approximate surface area is 186 Å². The zero-order chi connectivity index (χ0) is 22.5. The Bertz CT molecular complexity index is 1150. The van der Waals surface area contributed by atoms with Crippen molar-refractivity contribution in [1.82, 2.24) is 14.9 Å². The molecule has 0 unspecified atom stereocenters. The molecule has 0 spiro atoms. The van der Waals surface area contributed by atoms with E-state index in [1.165, 1.54) is 24.0 Å². The summed E-state index contributed by atoms with van der Waals surface area (Å²) in [6.45, 7) is 1.16. The largest absolute Gasteiger partial charge is 0.495 e. The van der Waals surface area contributed by atoms with Crippen LogP contribution in [0.1, 0.15) is 37.5 Å². The highest BCUT2D eigenvalue weighted by Crippen LogP contribution is 2.23. The van der Waals surface area contributed by atoms with Crippen molar-refractivity contribution in [3.05, 3.63) is 88.9 Å². The Morgan fingerprint density at radius 3 is 2.53 bits per heavy atom. The first kappa shape index (κ1) is 21.2. The van der Waals surface area contributed by atoms with E-state index in [1.807, 2.05) is 17.0 Å².